The summed E-state index contributed by atoms with van der Waals surface area (Å²) in [5, 5.41) is 0. The van der Waals surface area contributed by atoms with Gasteiger partial charge in [0.1, 0.15) is 0 Å². The van der Waals surface area contributed by atoms with Gasteiger partial charge in [-0.15, -0.1) is 4.20 Å². The van der Waals surface area contributed by atoms with Crippen LogP contribution in [0.4, 0.5) is 4.20 Å². The van der Waals surface area contributed by atoms with E-state index in [4.69, 9.17) is 9.42 Å². The highest BCUT2D eigenvalue weighted by Crippen LogP contribution is 2.52. The second-order valence-corrected chi connectivity index (χ2v) is 5.48. The number of rotatable bonds is 5. The van der Waals surface area contributed by atoms with Crippen LogP contribution in [0, 0.1) is 0 Å². The van der Waals surface area contributed by atoms with Crippen molar-refractivity contribution in [2.24, 2.45) is 0 Å². The molecule has 15 heavy (non-hydrogen) atoms. The van der Waals surface area contributed by atoms with Crippen molar-refractivity contribution in [2.75, 3.05) is 0 Å². The molecular weight excluding hydrogens is 218 g/mol. The fraction of sp³-hybridized carbons (Fsp3) is 1.00. The maximum Gasteiger partial charge on any atom is 0.511 e. The summed E-state index contributed by atoms with van der Waals surface area (Å²) in [5.41, 5.74) is -0.673. The summed E-state index contributed by atoms with van der Waals surface area (Å²) in [6, 6.07) is 0. The van der Waals surface area contributed by atoms with Crippen LogP contribution in [0.2, 0.25) is 0 Å². The summed E-state index contributed by atoms with van der Waals surface area (Å²) in [5.74, 6) is 0. The van der Waals surface area contributed by atoms with E-state index in [-0.39, 0.29) is 0 Å². The molecule has 5 heteroatoms. The molecule has 0 aliphatic heterocycles. The highest BCUT2D eigenvalue weighted by atomic mass is 31.2. The Kier molecular flexibility index (Phi) is 4.75. The third-order valence-electron chi connectivity index (χ3n) is 3.06. The molecule has 1 saturated carbocycles. The minimum absolute atomic E-state index is 0.673. The Bertz CT molecular complexity index is 233. The van der Waals surface area contributed by atoms with Crippen molar-refractivity contribution in [1.82, 2.24) is 0 Å². The predicted molar refractivity (Wildman–Crippen MR) is 57.4 cm³/mol. The van der Waals surface area contributed by atoms with Gasteiger partial charge in [0.25, 0.3) is 0 Å². The van der Waals surface area contributed by atoms with E-state index in [9.17, 15) is 8.76 Å². The van der Waals surface area contributed by atoms with Gasteiger partial charge < -0.3 is 0 Å². The molecule has 1 aliphatic rings. The van der Waals surface area contributed by atoms with Gasteiger partial charge in [-0.3, -0.25) is 9.42 Å². The van der Waals surface area contributed by atoms with E-state index in [0.717, 1.165) is 32.1 Å². The molecule has 90 valence electrons. The van der Waals surface area contributed by atoms with Crippen LogP contribution in [-0.2, 0) is 9.09 Å². The number of halogens is 1. The van der Waals surface area contributed by atoms with Gasteiger partial charge in [0.05, 0.1) is 5.60 Å². The molecule has 0 saturated heterocycles. The van der Waals surface area contributed by atoms with Crippen LogP contribution in [0.15, 0.2) is 0 Å². The van der Waals surface area contributed by atoms with Crippen molar-refractivity contribution in [3.63, 3.8) is 0 Å². The molecule has 1 aliphatic carbocycles. The molecule has 1 atom stereocenters. The van der Waals surface area contributed by atoms with Crippen LogP contribution in [0.5, 0.6) is 0 Å². The molecule has 0 aromatic rings. The van der Waals surface area contributed by atoms with Crippen LogP contribution >= 0.6 is 7.91 Å². The van der Waals surface area contributed by atoms with E-state index in [1.165, 1.54) is 0 Å². The van der Waals surface area contributed by atoms with Crippen molar-refractivity contribution in [2.45, 2.75) is 63.9 Å². The second-order valence-electron chi connectivity index (χ2n) is 4.39. The zero-order chi connectivity index (χ0) is 11.4. The topological polar surface area (TPSA) is 46.5 Å². The van der Waals surface area contributed by atoms with Crippen molar-refractivity contribution in [1.29, 1.82) is 0 Å². The maximum atomic E-state index is 12.7. The molecule has 3 nitrogen and oxygen atoms in total. The summed E-state index contributed by atoms with van der Waals surface area (Å²) in [6.45, 7) is 2.05. The Labute approximate surface area is 90.7 Å². The lowest BCUT2D eigenvalue weighted by Gasteiger charge is -2.36. The van der Waals surface area contributed by atoms with Crippen LogP contribution in [0.1, 0.15) is 58.3 Å². The first kappa shape index (κ1) is 13.1. The Morgan fingerprint density at radius 3 is 2.47 bits per heavy atom. The summed E-state index contributed by atoms with van der Waals surface area (Å²) in [6.07, 6.45) is 7.06. The third kappa shape index (κ3) is 4.62. The van der Waals surface area contributed by atoms with Crippen LogP contribution < -0.4 is 0 Å². The van der Waals surface area contributed by atoms with Crippen molar-refractivity contribution < 1.29 is 18.2 Å². The van der Waals surface area contributed by atoms with Gasteiger partial charge in [-0.05, 0) is 19.3 Å². The minimum Gasteiger partial charge on any atom is -0.299 e. The predicted octanol–water partition coefficient (Wildman–Crippen LogP) is 3.97. The minimum atomic E-state index is -4.84. The SMILES string of the molecule is CCCCC1(OP(=O)(O)F)CCCCC1. The average molecular weight is 238 g/mol. The van der Waals surface area contributed by atoms with Gasteiger partial charge in [0, 0.05) is 0 Å². The van der Waals surface area contributed by atoms with Gasteiger partial charge >= 0.3 is 7.91 Å². The lowest BCUT2D eigenvalue weighted by atomic mass is 9.81. The molecule has 0 bridgehead atoms. The fourth-order valence-electron chi connectivity index (χ4n) is 2.32. The molecule has 1 N–H and O–H groups in total. The number of unbranched alkanes of at least 4 members (excludes halogenated alkanes) is 1. The molecule has 0 aromatic carbocycles. The van der Waals surface area contributed by atoms with E-state index < -0.39 is 13.5 Å². The van der Waals surface area contributed by atoms with Gasteiger partial charge in [-0.1, -0.05) is 39.0 Å². The molecule has 0 heterocycles. The smallest absolute Gasteiger partial charge is 0.299 e. The lowest BCUT2D eigenvalue weighted by Crippen LogP contribution is -2.33. The third-order valence-corrected chi connectivity index (χ3v) is 3.67. The summed E-state index contributed by atoms with van der Waals surface area (Å²) >= 11 is 0. The highest BCUT2D eigenvalue weighted by Gasteiger charge is 2.39. The summed E-state index contributed by atoms with van der Waals surface area (Å²) in [4.78, 5) is 8.70. The van der Waals surface area contributed by atoms with Crippen molar-refractivity contribution >= 4 is 7.91 Å². The van der Waals surface area contributed by atoms with E-state index >= 15 is 0 Å². The molecule has 0 amide bonds. The standard InChI is InChI=1S/C10H20FO3P/c1-2-3-7-10(14-15(11,12)13)8-5-4-6-9-10/h2-9H2,1H3,(H,12,13). The number of hydrogen-bond donors (Lipinski definition) is 1. The second kappa shape index (κ2) is 5.42. The quantitative estimate of drug-likeness (QED) is 0.737. The normalized spacial score (nSPS) is 24.7. The average Bonchev–Trinajstić information content (AvgIpc) is 2.14. The van der Waals surface area contributed by atoms with Gasteiger partial charge in [-0.25, -0.2) is 4.57 Å². The molecular formula is C10H20FO3P. The highest BCUT2D eigenvalue weighted by molar-refractivity contribution is 7.47. The van der Waals surface area contributed by atoms with Crippen LogP contribution in [0.25, 0.3) is 0 Å². The van der Waals surface area contributed by atoms with Crippen LogP contribution in [0.3, 0.4) is 0 Å². The van der Waals surface area contributed by atoms with E-state index in [0.29, 0.717) is 19.3 Å². The molecule has 1 rings (SSSR count). The Morgan fingerprint density at radius 2 is 2.00 bits per heavy atom. The van der Waals surface area contributed by atoms with Gasteiger partial charge in [-0.2, -0.15) is 0 Å². The zero-order valence-electron chi connectivity index (χ0n) is 9.25. The van der Waals surface area contributed by atoms with Crippen LogP contribution in [-0.4, -0.2) is 10.5 Å². The summed E-state index contributed by atoms with van der Waals surface area (Å²) in [7, 11) is -4.84. The number of hydrogen-bond acceptors (Lipinski definition) is 2. The Hall–Kier alpha value is 0.0800. The first-order valence-electron chi connectivity index (χ1n) is 5.71. The van der Waals surface area contributed by atoms with E-state index in [1.54, 1.807) is 0 Å². The molecule has 0 spiro atoms. The fourth-order valence-corrected chi connectivity index (χ4v) is 3.07. The molecule has 1 fully saturated rings. The molecule has 1 unspecified atom stereocenters. The first-order chi connectivity index (χ1) is 6.97. The molecule has 0 radical (unpaired) electrons. The Morgan fingerprint density at radius 1 is 1.40 bits per heavy atom. The lowest BCUT2D eigenvalue weighted by molar-refractivity contribution is 0.00153. The molecule has 0 aromatic heterocycles. The monoisotopic (exact) mass is 238 g/mol. The van der Waals surface area contributed by atoms with Gasteiger partial charge in [0.15, 0.2) is 0 Å². The van der Waals surface area contributed by atoms with Crippen molar-refractivity contribution in [3.05, 3.63) is 0 Å². The Balaban J connectivity index is 2.62. The van der Waals surface area contributed by atoms with Crippen molar-refractivity contribution in [3.8, 4) is 0 Å². The van der Waals surface area contributed by atoms with Gasteiger partial charge in [0.2, 0.25) is 0 Å². The van der Waals surface area contributed by atoms with E-state index in [2.05, 4.69) is 0 Å². The first-order valence-corrected chi connectivity index (χ1v) is 7.17. The van der Waals surface area contributed by atoms with E-state index in [1.807, 2.05) is 6.92 Å². The zero-order valence-corrected chi connectivity index (χ0v) is 10.1. The maximum absolute atomic E-state index is 12.7. The summed E-state index contributed by atoms with van der Waals surface area (Å²) < 4.78 is 28.3. The largest absolute Gasteiger partial charge is 0.511 e.